The molecule has 0 aliphatic carbocycles. The monoisotopic (exact) mass is 328 g/mol. The number of hydrogen-bond acceptors (Lipinski definition) is 5. The number of alkyl halides is 3. The molecule has 2 rings (SSSR count). The number of aryl methyl sites for hydroxylation is 1. The second-order valence-electron chi connectivity index (χ2n) is 4.69. The molecule has 0 aliphatic rings. The van der Waals surface area contributed by atoms with Crippen molar-refractivity contribution >= 4 is 11.5 Å². The van der Waals surface area contributed by atoms with Gasteiger partial charge in [0.15, 0.2) is 12.1 Å². The zero-order valence-corrected chi connectivity index (χ0v) is 11.9. The number of benzene rings is 1. The maximum atomic E-state index is 12.7. The van der Waals surface area contributed by atoms with Crippen LogP contribution in [0.1, 0.15) is 40.7 Å². The van der Waals surface area contributed by atoms with Gasteiger partial charge in [-0.1, -0.05) is 6.92 Å². The molecule has 122 valence electrons. The quantitative estimate of drug-likeness (QED) is 0.473. The van der Waals surface area contributed by atoms with Crippen LogP contribution < -0.4 is 0 Å². The minimum absolute atomic E-state index is 0.130. The van der Waals surface area contributed by atoms with Crippen molar-refractivity contribution in [2.45, 2.75) is 25.9 Å². The first-order valence-electron chi connectivity index (χ1n) is 6.58. The summed E-state index contributed by atoms with van der Waals surface area (Å²) < 4.78 is 43.0. The van der Waals surface area contributed by atoms with E-state index in [0.29, 0.717) is 25.0 Å². The Balaban J connectivity index is 2.52. The Morgan fingerprint density at radius 2 is 2.09 bits per heavy atom. The van der Waals surface area contributed by atoms with Gasteiger partial charge in [-0.05, 0) is 18.6 Å². The van der Waals surface area contributed by atoms with Crippen molar-refractivity contribution in [1.82, 2.24) is 4.98 Å². The molecule has 0 aliphatic heterocycles. The van der Waals surface area contributed by atoms with Gasteiger partial charge in [-0.3, -0.25) is 14.9 Å². The fourth-order valence-corrected chi connectivity index (χ4v) is 2.04. The maximum absolute atomic E-state index is 12.7. The Bertz CT molecular complexity index is 753. The van der Waals surface area contributed by atoms with Gasteiger partial charge in [0.2, 0.25) is 5.78 Å². The van der Waals surface area contributed by atoms with E-state index in [4.69, 9.17) is 4.42 Å². The van der Waals surface area contributed by atoms with E-state index >= 15 is 0 Å². The van der Waals surface area contributed by atoms with E-state index < -0.39 is 33.7 Å². The summed E-state index contributed by atoms with van der Waals surface area (Å²) in [6.45, 7) is 1.83. The highest BCUT2D eigenvalue weighted by atomic mass is 19.4. The van der Waals surface area contributed by atoms with Gasteiger partial charge in [0.25, 0.3) is 5.69 Å². The molecule has 0 atom stereocenters. The predicted octanol–water partition coefficient (Wildman–Crippen LogP) is 3.79. The number of nitro benzene ring substituents is 1. The first kappa shape index (κ1) is 16.7. The normalized spacial score (nSPS) is 11.5. The minimum atomic E-state index is -4.74. The number of aromatic nitrogens is 1. The third-order valence-electron chi connectivity index (χ3n) is 3.10. The van der Waals surface area contributed by atoms with E-state index in [9.17, 15) is 28.1 Å². The summed E-state index contributed by atoms with van der Waals surface area (Å²) in [5.41, 5.74) is -2.71. The maximum Gasteiger partial charge on any atom is 0.416 e. The van der Waals surface area contributed by atoms with Crippen molar-refractivity contribution in [3.8, 4) is 0 Å². The number of rotatable bonds is 5. The first-order chi connectivity index (χ1) is 10.8. The van der Waals surface area contributed by atoms with Crippen LogP contribution >= 0.6 is 0 Å². The van der Waals surface area contributed by atoms with Crippen LogP contribution in [0.4, 0.5) is 18.9 Å². The van der Waals surface area contributed by atoms with E-state index in [1.165, 1.54) is 0 Å². The molecule has 9 heteroatoms. The highest BCUT2D eigenvalue weighted by molar-refractivity contribution is 6.10. The number of nitro groups is 1. The number of oxazole rings is 1. The fraction of sp³-hybridized carbons (Fsp3) is 0.286. The van der Waals surface area contributed by atoms with Crippen LogP contribution in [0.25, 0.3) is 0 Å². The average Bonchev–Trinajstić information content (AvgIpc) is 2.93. The molecule has 0 fully saturated rings. The largest absolute Gasteiger partial charge is 0.448 e. The third-order valence-corrected chi connectivity index (χ3v) is 3.10. The highest BCUT2D eigenvalue weighted by Gasteiger charge is 2.34. The van der Waals surface area contributed by atoms with Crippen molar-refractivity contribution in [3.63, 3.8) is 0 Å². The lowest BCUT2D eigenvalue weighted by Gasteiger charge is -2.08. The molecule has 0 radical (unpaired) electrons. The molecule has 0 saturated heterocycles. The van der Waals surface area contributed by atoms with Crippen LogP contribution in [-0.4, -0.2) is 15.7 Å². The van der Waals surface area contributed by atoms with Crippen LogP contribution in [0.2, 0.25) is 0 Å². The molecule has 23 heavy (non-hydrogen) atoms. The molecule has 0 N–H and O–H groups in total. The van der Waals surface area contributed by atoms with E-state index in [1.807, 2.05) is 6.92 Å². The minimum Gasteiger partial charge on any atom is -0.448 e. The van der Waals surface area contributed by atoms with Crippen LogP contribution in [-0.2, 0) is 12.6 Å². The Kier molecular flexibility index (Phi) is 4.48. The Morgan fingerprint density at radius 3 is 2.65 bits per heavy atom. The van der Waals surface area contributed by atoms with E-state index in [1.54, 1.807) is 0 Å². The summed E-state index contributed by atoms with van der Waals surface area (Å²) in [6, 6.07) is 1.75. The summed E-state index contributed by atoms with van der Waals surface area (Å²) >= 11 is 0. The number of carbonyl (C=O) groups excluding carboxylic acids is 1. The molecule has 2 aromatic rings. The average molecular weight is 328 g/mol. The summed E-state index contributed by atoms with van der Waals surface area (Å²) in [6.07, 6.45) is -2.69. The molecular weight excluding hydrogens is 317 g/mol. The van der Waals surface area contributed by atoms with Crippen molar-refractivity contribution < 1.29 is 27.3 Å². The van der Waals surface area contributed by atoms with Gasteiger partial charge >= 0.3 is 6.18 Å². The SMILES string of the molecule is CCCc1ocnc1C(=O)c1ccc(C(F)(F)F)cc1[N+](=O)[O-]. The van der Waals surface area contributed by atoms with Gasteiger partial charge in [-0.25, -0.2) is 4.98 Å². The van der Waals surface area contributed by atoms with Crippen LogP contribution in [0.3, 0.4) is 0 Å². The van der Waals surface area contributed by atoms with Gasteiger partial charge < -0.3 is 4.42 Å². The number of carbonyl (C=O) groups is 1. The smallest absolute Gasteiger partial charge is 0.416 e. The van der Waals surface area contributed by atoms with Crippen molar-refractivity contribution in [2.24, 2.45) is 0 Å². The number of hydrogen-bond donors (Lipinski definition) is 0. The molecule has 1 aromatic heterocycles. The summed E-state index contributed by atoms with van der Waals surface area (Å²) in [7, 11) is 0. The predicted molar refractivity (Wildman–Crippen MR) is 72.0 cm³/mol. The lowest BCUT2D eigenvalue weighted by Crippen LogP contribution is -2.11. The number of nitrogens with zero attached hydrogens (tertiary/aromatic N) is 2. The lowest BCUT2D eigenvalue weighted by atomic mass is 10.0. The zero-order chi connectivity index (χ0) is 17.2. The highest BCUT2D eigenvalue weighted by Crippen LogP contribution is 2.33. The van der Waals surface area contributed by atoms with Crippen LogP contribution in [0.15, 0.2) is 29.0 Å². The summed E-state index contributed by atoms with van der Waals surface area (Å²) in [5, 5.41) is 11.0. The van der Waals surface area contributed by atoms with Crippen molar-refractivity contribution in [2.75, 3.05) is 0 Å². The standard InChI is InChI=1S/C14H11F3N2O4/c1-2-3-11-12(18-7-23-11)13(20)9-5-4-8(14(15,16)17)6-10(9)19(21)22/h4-7H,2-3H2,1H3. The first-order valence-corrected chi connectivity index (χ1v) is 6.58. The van der Waals surface area contributed by atoms with Gasteiger partial charge in [-0.15, -0.1) is 0 Å². The second kappa shape index (κ2) is 6.19. The Morgan fingerprint density at radius 1 is 1.39 bits per heavy atom. The topological polar surface area (TPSA) is 86.2 Å². The van der Waals surface area contributed by atoms with Crippen molar-refractivity contribution in [1.29, 1.82) is 0 Å². The zero-order valence-electron chi connectivity index (χ0n) is 11.9. The van der Waals surface area contributed by atoms with Crippen LogP contribution in [0, 0.1) is 10.1 Å². The molecule has 0 unspecified atom stereocenters. The summed E-state index contributed by atoms with van der Waals surface area (Å²) in [4.78, 5) is 26.1. The van der Waals surface area contributed by atoms with Gasteiger partial charge in [-0.2, -0.15) is 13.2 Å². The van der Waals surface area contributed by atoms with Crippen LogP contribution in [0.5, 0.6) is 0 Å². The third kappa shape index (κ3) is 3.38. The summed E-state index contributed by atoms with van der Waals surface area (Å²) in [5.74, 6) is -0.602. The molecule has 0 amide bonds. The molecular formula is C14H11F3N2O4. The molecule has 0 bridgehead atoms. The molecule has 0 spiro atoms. The molecule has 6 nitrogen and oxygen atoms in total. The van der Waals surface area contributed by atoms with Gasteiger partial charge in [0.05, 0.1) is 10.5 Å². The molecule has 0 saturated carbocycles. The Labute approximate surface area is 128 Å². The van der Waals surface area contributed by atoms with E-state index in [0.717, 1.165) is 12.5 Å². The fourth-order valence-electron chi connectivity index (χ4n) is 2.04. The number of halogens is 3. The molecule has 1 heterocycles. The lowest BCUT2D eigenvalue weighted by molar-refractivity contribution is -0.385. The van der Waals surface area contributed by atoms with E-state index in [-0.39, 0.29) is 11.5 Å². The van der Waals surface area contributed by atoms with Gasteiger partial charge in [0, 0.05) is 12.5 Å². The number of ketones is 1. The molecule has 1 aromatic carbocycles. The van der Waals surface area contributed by atoms with Gasteiger partial charge in [0.1, 0.15) is 11.3 Å². The van der Waals surface area contributed by atoms with Crippen molar-refractivity contribution in [3.05, 3.63) is 57.3 Å². The second-order valence-corrected chi connectivity index (χ2v) is 4.69. The van der Waals surface area contributed by atoms with E-state index in [2.05, 4.69) is 4.98 Å². The Hall–Kier alpha value is -2.71.